The summed E-state index contributed by atoms with van der Waals surface area (Å²) in [6, 6.07) is 16.0. The number of rotatable bonds is 7. The van der Waals surface area contributed by atoms with Crippen LogP contribution in [0.25, 0.3) is 0 Å². The molecule has 5 nitrogen and oxygen atoms in total. The summed E-state index contributed by atoms with van der Waals surface area (Å²) in [6.07, 6.45) is -2.46. The molecule has 0 aliphatic rings. The molecule has 0 saturated carbocycles. The number of halogens is 1. The summed E-state index contributed by atoms with van der Waals surface area (Å²) in [5.74, 6) is 0. The van der Waals surface area contributed by atoms with Crippen molar-refractivity contribution >= 4 is 17.7 Å². The first-order valence-corrected chi connectivity index (χ1v) is 8.00. The molecule has 2 unspecified atom stereocenters. The van der Waals surface area contributed by atoms with Crippen molar-refractivity contribution in [1.82, 2.24) is 5.32 Å². The van der Waals surface area contributed by atoms with Gasteiger partial charge in [-0.25, -0.2) is 4.79 Å². The Hall–Kier alpha value is -2.08. The van der Waals surface area contributed by atoms with E-state index in [0.29, 0.717) is 10.6 Å². The normalized spacial score (nSPS) is 13.1. The third kappa shape index (κ3) is 5.85. The molecular formula is C18H20ClNO4. The van der Waals surface area contributed by atoms with Gasteiger partial charge in [-0.2, -0.15) is 0 Å². The molecule has 2 aromatic carbocycles. The van der Waals surface area contributed by atoms with Gasteiger partial charge >= 0.3 is 6.09 Å². The Bertz CT molecular complexity index is 650. The van der Waals surface area contributed by atoms with E-state index in [0.717, 1.165) is 5.56 Å². The maximum Gasteiger partial charge on any atom is 0.407 e. The molecule has 24 heavy (non-hydrogen) atoms. The SMILES string of the molecule is O=C(NCCC(O)C(O)c1cccc(Cl)c1)OCc1ccccc1. The van der Waals surface area contributed by atoms with Crippen LogP contribution in [0, 0.1) is 0 Å². The second-order valence-corrected chi connectivity index (χ2v) is 5.78. The topological polar surface area (TPSA) is 78.8 Å². The van der Waals surface area contributed by atoms with Crippen molar-refractivity contribution in [2.45, 2.75) is 25.2 Å². The zero-order valence-electron chi connectivity index (χ0n) is 13.1. The van der Waals surface area contributed by atoms with E-state index in [4.69, 9.17) is 16.3 Å². The molecule has 0 aromatic heterocycles. The number of hydrogen-bond donors (Lipinski definition) is 3. The Kier molecular flexibility index (Phi) is 7.06. The summed E-state index contributed by atoms with van der Waals surface area (Å²) in [5, 5.41) is 23.1. The molecule has 1 amide bonds. The maximum absolute atomic E-state index is 11.6. The van der Waals surface area contributed by atoms with Crippen LogP contribution in [0.3, 0.4) is 0 Å². The van der Waals surface area contributed by atoms with Gasteiger partial charge in [0, 0.05) is 11.6 Å². The average Bonchev–Trinajstić information content (AvgIpc) is 2.60. The quantitative estimate of drug-likeness (QED) is 0.718. The van der Waals surface area contributed by atoms with E-state index in [-0.39, 0.29) is 19.6 Å². The number of aliphatic hydroxyl groups excluding tert-OH is 2. The molecule has 0 fully saturated rings. The van der Waals surface area contributed by atoms with Gasteiger partial charge in [0.15, 0.2) is 0 Å². The highest BCUT2D eigenvalue weighted by molar-refractivity contribution is 6.30. The van der Waals surface area contributed by atoms with Crippen LogP contribution >= 0.6 is 11.6 Å². The summed E-state index contributed by atoms with van der Waals surface area (Å²) in [6.45, 7) is 0.368. The van der Waals surface area contributed by atoms with E-state index < -0.39 is 18.3 Å². The van der Waals surface area contributed by atoms with Gasteiger partial charge < -0.3 is 20.3 Å². The van der Waals surface area contributed by atoms with Crippen LogP contribution in [0.4, 0.5) is 4.79 Å². The maximum atomic E-state index is 11.6. The molecular weight excluding hydrogens is 330 g/mol. The molecule has 2 rings (SSSR count). The van der Waals surface area contributed by atoms with Crippen LogP contribution in [-0.4, -0.2) is 29.0 Å². The van der Waals surface area contributed by atoms with Gasteiger partial charge in [0.1, 0.15) is 12.7 Å². The number of hydrogen-bond acceptors (Lipinski definition) is 4. The Balaban J connectivity index is 1.70. The minimum Gasteiger partial charge on any atom is -0.445 e. The Morgan fingerprint density at radius 2 is 1.88 bits per heavy atom. The lowest BCUT2D eigenvalue weighted by molar-refractivity contribution is 0.0136. The van der Waals surface area contributed by atoms with E-state index in [9.17, 15) is 15.0 Å². The molecule has 0 aliphatic carbocycles. The van der Waals surface area contributed by atoms with Gasteiger partial charge in [-0.05, 0) is 29.7 Å². The number of ether oxygens (including phenoxy) is 1. The first kappa shape index (κ1) is 18.3. The smallest absolute Gasteiger partial charge is 0.407 e. The van der Waals surface area contributed by atoms with E-state index in [2.05, 4.69) is 5.32 Å². The molecule has 0 spiro atoms. The van der Waals surface area contributed by atoms with Gasteiger partial charge in [-0.15, -0.1) is 0 Å². The predicted molar refractivity (Wildman–Crippen MR) is 91.7 cm³/mol. The van der Waals surface area contributed by atoms with E-state index >= 15 is 0 Å². The van der Waals surface area contributed by atoms with Crippen molar-refractivity contribution in [3.63, 3.8) is 0 Å². The van der Waals surface area contributed by atoms with Crippen LogP contribution in [0.15, 0.2) is 54.6 Å². The van der Waals surface area contributed by atoms with Crippen LogP contribution in [0.1, 0.15) is 23.7 Å². The third-order valence-corrected chi connectivity index (χ3v) is 3.71. The Morgan fingerprint density at radius 3 is 2.58 bits per heavy atom. The molecule has 2 aromatic rings. The van der Waals surface area contributed by atoms with E-state index in [1.54, 1.807) is 24.3 Å². The Labute approximate surface area is 145 Å². The van der Waals surface area contributed by atoms with Gasteiger partial charge in [0.2, 0.25) is 0 Å². The van der Waals surface area contributed by atoms with Gasteiger partial charge in [-0.1, -0.05) is 54.1 Å². The third-order valence-electron chi connectivity index (χ3n) is 3.48. The minimum absolute atomic E-state index is 0.181. The van der Waals surface area contributed by atoms with Gasteiger partial charge in [0.05, 0.1) is 6.10 Å². The number of carbonyl (C=O) groups is 1. The molecule has 0 radical (unpaired) electrons. The van der Waals surface area contributed by atoms with Gasteiger partial charge in [0.25, 0.3) is 0 Å². The number of nitrogens with one attached hydrogen (secondary N) is 1. The highest BCUT2D eigenvalue weighted by Gasteiger charge is 2.18. The zero-order valence-corrected chi connectivity index (χ0v) is 13.8. The molecule has 0 bridgehead atoms. The lowest BCUT2D eigenvalue weighted by atomic mass is 10.0. The molecule has 6 heteroatoms. The van der Waals surface area contributed by atoms with Crippen LogP contribution < -0.4 is 5.32 Å². The fourth-order valence-corrected chi connectivity index (χ4v) is 2.37. The van der Waals surface area contributed by atoms with Crippen molar-refractivity contribution in [3.8, 4) is 0 Å². The van der Waals surface area contributed by atoms with Crippen LogP contribution in [-0.2, 0) is 11.3 Å². The average molecular weight is 350 g/mol. The monoisotopic (exact) mass is 349 g/mol. The number of amides is 1. The number of aliphatic hydroxyl groups is 2. The van der Waals surface area contributed by atoms with Crippen molar-refractivity contribution in [2.75, 3.05) is 6.54 Å². The van der Waals surface area contributed by atoms with Gasteiger partial charge in [-0.3, -0.25) is 0 Å². The summed E-state index contributed by atoms with van der Waals surface area (Å²) in [4.78, 5) is 11.6. The molecule has 0 saturated heterocycles. The summed E-state index contributed by atoms with van der Waals surface area (Å²) < 4.78 is 5.06. The van der Waals surface area contributed by atoms with Crippen LogP contribution in [0.2, 0.25) is 5.02 Å². The highest BCUT2D eigenvalue weighted by Crippen LogP contribution is 2.21. The molecule has 2 atom stereocenters. The first-order valence-electron chi connectivity index (χ1n) is 7.62. The van der Waals surface area contributed by atoms with E-state index in [1.165, 1.54) is 0 Å². The van der Waals surface area contributed by atoms with Crippen molar-refractivity contribution in [3.05, 3.63) is 70.7 Å². The second kappa shape index (κ2) is 9.27. The number of alkyl carbamates (subject to hydrolysis) is 1. The summed E-state index contributed by atoms with van der Waals surface area (Å²) >= 11 is 5.86. The number of benzene rings is 2. The first-order chi connectivity index (χ1) is 11.6. The fraction of sp³-hybridized carbons (Fsp3) is 0.278. The number of carbonyl (C=O) groups excluding carboxylic acids is 1. The molecule has 128 valence electrons. The van der Waals surface area contributed by atoms with Crippen molar-refractivity contribution in [2.24, 2.45) is 0 Å². The van der Waals surface area contributed by atoms with Crippen LogP contribution in [0.5, 0.6) is 0 Å². The zero-order chi connectivity index (χ0) is 17.4. The predicted octanol–water partition coefficient (Wildman–Crippen LogP) is 3.05. The van der Waals surface area contributed by atoms with E-state index in [1.807, 2.05) is 30.3 Å². The molecule has 3 N–H and O–H groups in total. The summed E-state index contributed by atoms with van der Waals surface area (Å²) in [5.41, 5.74) is 1.42. The fourth-order valence-electron chi connectivity index (χ4n) is 2.17. The molecule has 0 aliphatic heterocycles. The lowest BCUT2D eigenvalue weighted by Crippen LogP contribution is -2.29. The molecule has 0 heterocycles. The van der Waals surface area contributed by atoms with Crippen molar-refractivity contribution in [1.29, 1.82) is 0 Å². The standard InChI is InChI=1S/C18H20ClNO4/c19-15-8-4-7-14(11-15)17(22)16(21)9-10-20-18(23)24-12-13-5-2-1-3-6-13/h1-8,11,16-17,21-22H,9-10,12H2,(H,20,23). The second-order valence-electron chi connectivity index (χ2n) is 5.34. The lowest BCUT2D eigenvalue weighted by Gasteiger charge is -2.18. The summed E-state index contributed by atoms with van der Waals surface area (Å²) in [7, 11) is 0. The minimum atomic E-state index is -1.06. The Morgan fingerprint density at radius 1 is 1.12 bits per heavy atom. The largest absolute Gasteiger partial charge is 0.445 e. The highest BCUT2D eigenvalue weighted by atomic mass is 35.5. The van der Waals surface area contributed by atoms with Crippen molar-refractivity contribution < 1.29 is 19.7 Å².